The number of amides is 5. The molecule has 316 valence electrons. The molecule has 6 N–H and O–H groups in total. The van der Waals surface area contributed by atoms with E-state index in [0.29, 0.717) is 25.0 Å². The molecular weight excluding hydrogens is 783 g/mol. The van der Waals surface area contributed by atoms with Crippen molar-refractivity contribution in [2.45, 2.75) is 87.7 Å². The summed E-state index contributed by atoms with van der Waals surface area (Å²) < 4.78 is 5.68. The van der Waals surface area contributed by atoms with Crippen molar-refractivity contribution in [3.8, 4) is 11.1 Å². The van der Waals surface area contributed by atoms with Crippen molar-refractivity contribution in [3.63, 3.8) is 0 Å². The minimum absolute atomic E-state index is 0.0214. The molecule has 3 aromatic carbocycles. The second-order valence-corrected chi connectivity index (χ2v) is 16.4. The highest BCUT2D eigenvalue weighted by Crippen LogP contribution is 2.28. The first-order chi connectivity index (χ1) is 28.9. The van der Waals surface area contributed by atoms with Gasteiger partial charge in [0.2, 0.25) is 23.6 Å². The lowest BCUT2D eigenvalue weighted by Gasteiger charge is -2.27. The standard InChI is InChI=1S/C46H53N5O8S/c1-46(2,45(57)58)51-40(52)29-47-42(54)37(25-22-31-13-6-3-7-14-31)49-43(55)38(27-32-20-23-34(24-21-32)33-15-8-4-9-16-33)50-44(56)39(28-36-19-12-26-60-36)48-41(53)30-59-35-17-10-5-11-18-35/h3-4,6-10,12-18,20-21,23-24,26,36-39H,5,11,19,22,25,27-30H2,1-2H3,(H,47,54)(H,48,53)(H,49,55)(H,50,56)(H,51,52)(H,57,58)/t36?,37-,38+,39-/m1/s1. The van der Waals surface area contributed by atoms with Crippen LogP contribution in [0.5, 0.6) is 0 Å². The van der Waals surface area contributed by atoms with Gasteiger partial charge in [-0.2, -0.15) is 0 Å². The van der Waals surface area contributed by atoms with Gasteiger partial charge in [0.15, 0.2) is 6.61 Å². The second-order valence-electron chi connectivity index (χ2n) is 15.2. The Morgan fingerprint density at radius 1 is 0.750 bits per heavy atom. The fourth-order valence-electron chi connectivity index (χ4n) is 6.57. The van der Waals surface area contributed by atoms with Crippen molar-refractivity contribution in [2.24, 2.45) is 0 Å². The van der Waals surface area contributed by atoms with E-state index in [1.165, 1.54) is 13.8 Å². The van der Waals surface area contributed by atoms with E-state index in [1.807, 2.05) is 109 Å². The average Bonchev–Trinajstić information content (AvgIpc) is 3.77. The van der Waals surface area contributed by atoms with Crippen LogP contribution >= 0.6 is 11.8 Å². The van der Waals surface area contributed by atoms with Crippen LogP contribution in [0, 0.1) is 0 Å². The summed E-state index contributed by atoms with van der Waals surface area (Å²) >= 11 is 1.56. The zero-order valence-electron chi connectivity index (χ0n) is 33.9. The van der Waals surface area contributed by atoms with Crippen LogP contribution in [0.25, 0.3) is 11.1 Å². The predicted molar refractivity (Wildman–Crippen MR) is 231 cm³/mol. The number of carbonyl (C=O) groups excluding carboxylic acids is 5. The Bertz CT molecular complexity index is 2050. The number of thioether (sulfide) groups is 1. The lowest BCUT2D eigenvalue weighted by atomic mass is 9.99. The number of benzene rings is 3. The van der Waals surface area contributed by atoms with Gasteiger partial charge in [-0.3, -0.25) is 24.0 Å². The van der Waals surface area contributed by atoms with Crippen molar-refractivity contribution in [1.29, 1.82) is 0 Å². The predicted octanol–water partition coefficient (Wildman–Crippen LogP) is 4.74. The molecule has 0 saturated carbocycles. The van der Waals surface area contributed by atoms with Crippen molar-refractivity contribution >= 4 is 47.3 Å². The number of nitrogens with one attached hydrogen (secondary N) is 5. The van der Waals surface area contributed by atoms with Crippen molar-refractivity contribution in [2.75, 3.05) is 13.2 Å². The van der Waals surface area contributed by atoms with Gasteiger partial charge in [0.05, 0.1) is 6.54 Å². The fraction of sp³-hybridized carbons (Fsp3) is 0.348. The van der Waals surface area contributed by atoms with Gasteiger partial charge in [0.1, 0.15) is 29.4 Å². The fourth-order valence-corrected chi connectivity index (χ4v) is 7.54. The van der Waals surface area contributed by atoms with E-state index in [0.717, 1.165) is 35.1 Å². The lowest BCUT2D eigenvalue weighted by molar-refractivity contribution is -0.146. The zero-order valence-corrected chi connectivity index (χ0v) is 34.7. The largest absolute Gasteiger partial charge is 0.484 e. The third-order valence-corrected chi connectivity index (χ3v) is 11.1. The Labute approximate surface area is 354 Å². The Morgan fingerprint density at radius 2 is 1.42 bits per heavy atom. The van der Waals surface area contributed by atoms with Crippen LogP contribution in [0.1, 0.15) is 57.1 Å². The molecule has 14 heteroatoms. The third-order valence-electron chi connectivity index (χ3n) is 9.99. The van der Waals surface area contributed by atoms with Crippen LogP contribution in [0.15, 0.2) is 120 Å². The molecule has 1 heterocycles. The number of aryl methyl sites for hydroxylation is 1. The minimum atomic E-state index is -1.57. The molecule has 2 aliphatic rings. The maximum atomic E-state index is 14.4. The molecular formula is C46H53N5O8S. The Kier molecular flexibility index (Phi) is 16.7. The first kappa shape index (κ1) is 44.9. The first-order valence-corrected chi connectivity index (χ1v) is 21.0. The Hall–Kier alpha value is -6.15. The molecule has 5 amide bonds. The number of carboxylic acids is 1. The summed E-state index contributed by atoms with van der Waals surface area (Å²) in [6.45, 7) is 1.81. The van der Waals surface area contributed by atoms with Crippen LogP contribution in [-0.4, -0.2) is 82.7 Å². The number of aliphatic carboxylic acids is 1. The van der Waals surface area contributed by atoms with Crippen molar-refractivity contribution < 1.29 is 38.6 Å². The number of hydrogen-bond acceptors (Lipinski definition) is 8. The molecule has 13 nitrogen and oxygen atoms in total. The van der Waals surface area contributed by atoms with Crippen LogP contribution in [0.3, 0.4) is 0 Å². The molecule has 0 radical (unpaired) electrons. The summed E-state index contributed by atoms with van der Waals surface area (Å²) in [5.74, 6) is -3.78. The number of ether oxygens (including phenoxy) is 1. The monoisotopic (exact) mass is 835 g/mol. The van der Waals surface area contributed by atoms with E-state index in [2.05, 4.69) is 26.6 Å². The van der Waals surface area contributed by atoms with Gasteiger partial charge < -0.3 is 36.4 Å². The van der Waals surface area contributed by atoms with Crippen LogP contribution in [-0.2, 0) is 46.3 Å². The average molecular weight is 836 g/mol. The molecule has 0 spiro atoms. The van der Waals surface area contributed by atoms with E-state index in [1.54, 1.807) is 17.8 Å². The molecule has 1 unspecified atom stereocenters. The van der Waals surface area contributed by atoms with E-state index in [9.17, 15) is 33.9 Å². The van der Waals surface area contributed by atoms with Crippen LogP contribution in [0.2, 0.25) is 0 Å². The normalized spacial score (nSPS) is 16.0. The summed E-state index contributed by atoms with van der Waals surface area (Å²) in [6.07, 6.45) is 11.0. The van der Waals surface area contributed by atoms with E-state index >= 15 is 0 Å². The molecule has 3 aromatic rings. The summed E-state index contributed by atoms with van der Waals surface area (Å²) in [5.41, 5.74) is 2.04. The molecule has 0 bridgehead atoms. The highest BCUT2D eigenvalue weighted by atomic mass is 32.2. The summed E-state index contributed by atoms with van der Waals surface area (Å²) in [4.78, 5) is 79.7. The highest BCUT2D eigenvalue weighted by Gasteiger charge is 2.33. The van der Waals surface area contributed by atoms with Gasteiger partial charge in [-0.05, 0) is 92.2 Å². The SMILES string of the molecule is CC(C)(NC(=O)CNC(=O)[C@@H](CCc1ccccc1)NC(=O)[C@H](Cc1ccc(-c2ccccc2)cc1)NC(=O)[C@@H](CC1CC=CS1)NC(=O)COC1=CCCC=C1)C(=O)O. The van der Waals surface area contributed by atoms with Gasteiger partial charge >= 0.3 is 5.97 Å². The molecule has 0 aromatic heterocycles. The van der Waals surface area contributed by atoms with Gasteiger partial charge in [-0.25, -0.2) is 4.79 Å². The Balaban J connectivity index is 1.36. The molecule has 4 atom stereocenters. The molecule has 1 aliphatic heterocycles. The van der Waals surface area contributed by atoms with E-state index < -0.39 is 65.7 Å². The molecule has 60 heavy (non-hydrogen) atoms. The van der Waals surface area contributed by atoms with Crippen molar-refractivity contribution in [1.82, 2.24) is 26.6 Å². The highest BCUT2D eigenvalue weighted by molar-refractivity contribution is 8.03. The van der Waals surface area contributed by atoms with E-state index in [-0.39, 0.29) is 24.7 Å². The maximum Gasteiger partial charge on any atom is 0.328 e. The Morgan fingerprint density at radius 3 is 2.07 bits per heavy atom. The van der Waals surface area contributed by atoms with Gasteiger partial charge in [-0.15, -0.1) is 11.8 Å². The molecule has 0 saturated heterocycles. The second kappa shape index (κ2) is 22.3. The third kappa shape index (κ3) is 14.3. The summed E-state index contributed by atoms with van der Waals surface area (Å²) in [7, 11) is 0. The summed E-state index contributed by atoms with van der Waals surface area (Å²) in [6, 6.07) is 23.4. The van der Waals surface area contributed by atoms with Crippen molar-refractivity contribution in [3.05, 3.63) is 132 Å². The van der Waals surface area contributed by atoms with Crippen LogP contribution in [0.4, 0.5) is 0 Å². The first-order valence-electron chi connectivity index (χ1n) is 20.1. The minimum Gasteiger partial charge on any atom is -0.484 e. The maximum absolute atomic E-state index is 14.4. The molecule has 0 fully saturated rings. The van der Waals surface area contributed by atoms with Gasteiger partial charge in [0.25, 0.3) is 5.91 Å². The zero-order chi connectivity index (χ0) is 42.9. The molecule has 5 rings (SSSR count). The number of allylic oxidation sites excluding steroid dienone is 4. The van der Waals surface area contributed by atoms with Crippen LogP contribution < -0.4 is 26.6 Å². The topological polar surface area (TPSA) is 192 Å². The number of hydrogen-bond donors (Lipinski definition) is 6. The number of carbonyl (C=O) groups is 6. The van der Waals surface area contributed by atoms with Gasteiger partial charge in [0, 0.05) is 11.7 Å². The van der Waals surface area contributed by atoms with Gasteiger partial charge in [-0.1, -0.05) is 97.1 Å². The molecule has 1 aliphatic carbocycles. The summed E-state index contributed by atoms with van der Waals surface area (Å²) in [5, 5.41) is 24.8. The lowest BCUT2D eigenvalue weighted by Crippen LogP contribution is -2.58. The number of rotatable bonds is 21. The quantitative estimate of drug-likeness (QED) is 0.0880. The smallest absolute Gasteiger partial charge is 0.328 e. The number of carboxylic acid groups (broad SMARTS) is 1. The van der Waals surface area contributed by atoms with E-state index in [4.69, 9.17) is 4.74 Å².